The van der Waals surface area contributed by atoms with Gasteiger partial charge in [-0.25, -0.2) is 4.98 Å². The molecule has 24 heavy (non-hydrogen) atoms. The Labute approximate surface area is 146 Å². The summed E-state index contributed by atoms with van der Waals surface area (Å²) in [5.41, 5.74) is -1.44. The van der Waals surface area contributed by atoms with Crippen LogP contribution >= 0.6 is 0 Å². The Morgan fingerprint density at radius 2 is 1.62 bits per heavy atom. The van der Waals surface area contributed by atoms with Crippen molar-refractivity contribution in [3.8, 4) is 0 Å². The normalized spacial score (nSPS) is 15.1. The largest absolute Gasteiger partial charge is 0.481 e. The van der Waals surface area contributed by atoms with Crippen LogP contribution in [0.1, 0.15) is 84.5 Å². The van der Waals surface area contributed by atoms with Gasteiger partial charge in [0.25, 0.3) is 0 Å². The molecule has 0 spiro atoms. The van der Waals surface area contributed by atoms with Gasteiger partial charge < -0.3 is 14.8 Å². The van der Waals surface area contributed by atoms with Gasteiger partial charge in [0.05, 0.1) is 6.33 Å². The molecule has 1 aromatic heterocycles. The van der Waals surface area contributed by atoms with E-state index >= 15 is 0 Å². The quantitative estimate of drug-likeness (QED) is 0.488. The van der Waals surface area contributed by atoms with Gasteiger partial charge in [-0.15, -0.1) is 0 Å². The highest BCUT2D eigenvalue weighted by molar-refractivity contribution is 5.71. The smallest absolute Gasteiger partial charge is 0.311 e. The Balaban J connectivity index is 2.22. The Kier molecular flexibility index (Phi) is 9.69. The predicted octanol–water partition coefficient (Wildman–Crippen LogP) is 4.56. The topological polar surface area (TPSA) is 75.3 Å². The van der Waals surface area contributed by atoms with E-state index in [1.807, 2.05) is 0 Å². The van der Waals surface area contributed by atoms with E-state index in [2.05, 4.69) is 11.9 Å². The number of carbonyl (C=O) groups is 1. The second-order valence-corrected chi connectivity index (χ2v) is 6.93. The fourth-order valence-corrected chi connectivity index (χ4v) is 3.17. The van der Waals surface area contributed by atoms with Crippen molar-refractivity contribution in [2.45, 2.75) is 90.2 Å². The molecule has 2 N–H and O–H groups in total. The summed E-state index contributed by atoms with van der Waals surface area (Å²) in [4.78, 5) is 15.4. The molecular weight excluding hydrogens is 304 g/mol. The second-order valence-electron chi connectivity index (χ2n) is 6.93. The van der Waals surface area contributed by atoms with Gasteiger partial charge in [-0.2, -0.15) is 0 Å². The van der Waals surface area contributed by atoms with Crippen LogP contribution in [0.25, 0.3) is 0 Å². The van der Waals surface area contributed by atoms with Crippen LogP contribution in [0, 0.1) is 5.92 Å². The first-order valence-electron chi connectivity index (χ1n) is 9.43. The second kappa shape index (κ2) is 11.2. The number of aliphatic hydroxyl groups is 1. The molecule has 0 fully saturated rings. The molecule has 0 bridgehead atoms. The summed E-state index contributed by atoms with van der Waals surface area (Å²) in [5, 5.41) is 20.0. The van der Waals surface area contributed by atoms with Gasteiger partial charge in [0.1, 0.15) is 5.92 Å². The summed E-state index contributed by atoms with van der Waals surface area (Å²) in [6, 6.07) is 0. The summed E-state index contributed by atoms with van der Waals surface area (Å²) < 4.78 is 1.47. The Morgan fingerprint density at radius 1 is 1.08 bits per heavy atom. The van der Waals surface area contributed by atoms with Crippen molar-refractivity contribution in [2.75, 3.05) is 0 Å². The summed E-state index contributed by atoms with van der Waals surface area (Å²) in [6.07, 6.45) is 17.2. The highest BCUT2D eigenvalue weighted by Crippen LogP contribution is 2.28. The van der Waals surface area contributed by atoms with Crippen LogP contribution in [0.4, 0.5) is 0 Å². The third-order valence-electron chi connectivity index (χ3n) is 4.83. The van der Waals surface area contributed by atoms with E-state index in [1.165, 1.54) is 55.8 Å². The van der Waals surface area contributed by atoms with E-state index in [-0.39, 0.29) is 0 Å². The maximum atomic E-state index is 11.5. The molecule has 1 heterocycles. The number of hydrogen-bond donors (Lipinski definition) is 2. The maximum Gasteiger partial charge on any atom is 0.311 e. The molecule has 0 saturated heterocycles. The van der Waals surface area contributed by atoms with Gasteiger partial charge in [0.2, 0.25) is 0 Å². The molecule has 0 aliphatic rings. The summed E-state index contributed by atoms with van der Waals surface area (Å²) in [6.45, 7) is 3.78. The molecule has 1 rings (SSSR count). The molecule has 0 aliphatic carbocycles. The monoisotopic (exact) mass is 338 g/mol. The van der Waals surface area contributed by atoms with Gasteiger partial charge in [-0.05, 0) is 13.3 Å². The number of rotatable bonds is 14. The van der Waals surface area contributed by atoms with E-state index in [0.29, 0.717) is 6.42 Å². The zero-order chi connectivity index (χ0) is 17.8. The molecular formula is C19H34N2O3. The standard InChI is InChI=1S/C19H34N2O3/c1-3-4-5-6-7-8-9-10-11-12-13-17(18(22)23)19(2,24)21-15-14-20-16-21/h14-17,24H,3-13H2,1-2H3,(H,22,23). The van der Waals surface area contributed by atoms with Crippen molar-refractivity contribution >= 4 is 5.97 Å². The Morgan fingerprint density at radius 3 is 2.08 bits per heavy atom. The molecule has 0 aliphatic heterocycles. The van der Waals surface area contributed by atoms with Crippen molar-refractivity contribution in [2.24, 2.45) is 5.92 Å². The highest BCUT2D eigenvalue weighted by atomic mass is 16.4. The number of imidazole rings is 1. The van der Waals surface area contributed by atoms with Crippen molar-refractivity contribution < 1.29 is 15.0 Å². The van der Waals surface area contributed by atoms with Crippen LogP contribution in [0.3, 0.4) is 0 Å². The van der Waals surface area contributed by atoms with Crippen LogP contribution < -0.4 is 0 Å². The van der Waals surface area contributed by atoms with E-state index in [9.17, 15) is 15.0 Å². The van der Waals surface area contributed by atoms with Crippen LogP contribution in [0.15, 0.2) is 18.7 Å². The molecule has 0 aromatic carbocycles. The van der Waals surface area contributed by atoms with Gasteiger partial charge in [-0.1, -0.05) is 71.1 Å². The van der Waals surface area contributed by atoms with Gasteiger partial charge >= 0.3 is 5.97 Å². The van der Waals surface area contributed by atoms with Gasteiger partial charge in [0.15, 0.2) is 5.72 Å². The lowest BCUT2D eigenvalue weighted by atomic mass is 9.90. The summed E-state index contributed by atoms with van der Waals surface area (Å²) >= 11 is 0. The molecule has 138 valence electrons. The first kappa shape index (κ1) is 20.7. The minimum absolute atomic E-state index is 0.483. The van der Waals surface area contributed by atoms with Gasteiger partial charge in [-0.3, -0.25) is 4.79 Å². The van der Waals surface area contributed by atoms with Gasteiger partial charge in [0, 0.05) is 12.4 Å². The molecule has 2 atom stereocenters. The Bertz CT molecular complexity index is 443. The molecule has 2 unspecified atom stereocenters. The van der Waals surface area contributed by atoms with E-state index in [4.69, 9.17) is 0 Å². The number of hydrogen-bond acceptors (Lipinski definition) is 3. The Hall–Kier alpha value is -1.36. The van der Waals surface area contributed by atoms with Crippen LogP contribution in [-0.2, 0) is 10.5 Å². The van der Waals surface area contributed by atoms with E-state index in [0.717, 1.165) is 19.3 Å². The fraction of sp³-hybridized carbons (Fsp3) is 0.789. The maximum absolute atomic E-state index is 11.5. The number of aliphatic carboxylic acids is 1. The van der Waals surface area contributed by atoms with Crippen LogP contribution in [0.2, 0.25) is 0 Å². The number of aromatic nitrogens is 2. The van der Waals surface area contributed by atoms with Crippen LogP contribution in [-0.4, -0.2) is 25.7 Å². The number of carboxylic acid groups (broad SMARTS) is 1. The SMILES string of the molecule is CCCCCCCCCCCCC(C(=O)O)C(C)(O)n1ccnc1. The molecule has 0 radical (unpaired) electrons. The van der Waals surface area contributed by atoms with E-state index < -0.39 is 17.6 Å². The lowest BCUT2D eigenvalue weighted by molar-refractivity contribution is -0.160. The lowest BCUT2D eigenvalue weighted by Crippen LogP contribution is -2.41. The first-order chi connectivity index (χ1) is 11.5. The predicted molar refractivity (Wildman–Crippen MR) is 95.7 cm³/mol. The number of unbranched alkanes of at least 4 members (excludes halogenated alkanes) is 9. The molecule has 0 saturated carbocycles. The number of nitrogens with zero attached hydrogens (tertiary/aromatic N) is 2. The lowest BCUT2D eigenvalue weighted by Gasteiger charge is -2.31. The highest BCUT2D eigenvalue weighted by Gasteiger charge is 2.38. The van der Waals surface area contributed by atoms with Crippen molar-refractivity contribution in [1.29, 1.82) is 0 Å². The minimum atomic E-state index is -1.44. The average molecular weight is 338 g/mol. The minimum Gasteiger partial charge on any atom is -0.481 e. The summed E-state index contributed by atoms with van der Waals surface area (Å²) in [5.74, 6) is -1.77. The van der Waals surface area contributed by atoms with E-state index in [1.54, 1.807) is 19.3 Å². The molecule has 5 nitrogen and oxygen atoms in total. The third kappa shape index (κ3) is 7.04. The molecule has 1 aromatic rings. The van der Waals surface area contributed by atoms with Crippen LogP contribution in [0.5, 0.6) is 0 Å². The molecule has 0 amide bonds. The fourth-order valence-electron chi connectivity index (χ4n) is 3.17. The molecule has 5 heteroatoms. The third-order valence-corrected chi connectivity index (χ3v) is 4.83. The zero-order valence-electron chi connectivity index (χ0n) is 15.3. The van der Waals surface area contributed by atoms with Crippen molar-refractivity contribution in [1.82, 2.24) is 9.55 Å². The average Bonchev–Trinajstić information content (AvgIpc) is 3.07. The first-order valence-corrected chi connectivity index (χ1v) is 9.43. The summed E-state index contributed by atoms with van der Waals surface area (Å²) in [7, 11) is 0. The van der Waals surface area contributed by atoms with Crippen molar-refractivity contribution in [3.63, 3.8) is 0 Å². The number of carboxylic acids is 1. The van der Waals surface area contributed by atoms with Crippen molar-refractivity contribution in [3.05, 3.63) is 18.7 Å². The zero-order valence-corrected chi connectivity index (χ0v) is 15.3.